The van der Waals surface area contributed by atoms with Gasteiger partial charge in [-0.2, -0.15) is 0 Å². The van der Waals surface area contributed by atoms with Crippen molar-refractivity contribution in [3.8, 4) is 67.5 Å². The first kappa shape index (κ1) is 35.1. The minimum Gasteiger partial charge on any atom is -0.507 e. The summed E-state index contributed by atoms with van der Waals surface area (Å²) >= 11 is 0. The first-order chi connectivity index (χ1) is 34.2. The topological polar surface area (TPSA) is 50.9 Å². The van der Waals surface area contributed by atoms with Crippen molar-refractivity contribution in [3.63, 3.8) is 0 Å². The smallest absolute Gasteiger partial charge is 0.149 e. The van der Waals surface area contributed by atoms with Crippen LogP contribution in [0.1, 0.15) is 143 Å². The second-order valence-corrected chi connectivity index (χ2v) is 21.4. The average Bonchev–Trinajstić information content (AvgIpc) is 3.68. The largest absolute Gasteiger partial charge is 0.507 e. The van der Waals surface area contributed by atoms with E-state index in [0.717, 1.165) is 50.1 Å². The highest BCUT2D eigenvalue weighted by Gasteiger charge is 2.30. The summed E-state index contributed by atoms with van der Waals surface area (Å²) in [7, 11) is 0. The van der Waals surface area contributed by atoms with E-state index in [-0.39, 0.29) is 39.8 Å². The first-order valence-corrected chi connectivity index (χ1v) is 22.5. The summed E-state index contributed by atoms with van der Waals surface area (Å²) in [6, 6.07) is 38.9. The minimum atomic E-state index is -3.18. The quantitative estimate of drug-likeness (QED) is 0.174. The fourth-order valence-electron chi connectivity index (χ4n) is 8.47. The van der Waals surface area contributed by atoms with Gasteiger partial charge in [0.1, 0.15) is 11.6 Å². The Kier molecular flexibility index (Phi) is 8.97. The van der Waals surface area contributed by atoms with E-state index in [1.54, 1.807) is 36.5 Å². The van der Waals surface area contributed by atoms with Gasteiger partial charge < -0.3 is 5.11 Å². The van der Waals surface area contributed by atoms with Gasteiger partial charge in [0.05, 0.1) is 30.7 Å². The van der Waals surface area contributed by atoms with E-state index in [1.807, 2.05) is 84.0 Å². The highest BCUT2D eigenvalue weighted by atomic mass is 16.3. The normalized spacial score (nSPS) is 15.2. The zero-order chi connectivity index (χ0) is 54.5. The molecule has 0 aliphatic rings. The molecule has 0 unspecified atom stereocenters. The van der Waals surface area contributed by atoms with Gasteiger partial charge in [0, 0.05) is 38.0 Å². The number of pyridine rings is 1. The second kappa shape index (κ2) is 16.6. The Morgan fingerprint density at radius 2 is 1.22 bits per heavy atom. The van der Waals surface area contributed by atoms with Crippen molar-refractivity contribution in [1.29, 1.82) is 0 Å². The zero-order valence-electron chi connectivity index (χ0n) is 48.9. The Morgan fingerprint density at radius 3 is 1.89 bits per heavy atom. The molecule has 65 heavy (non-hydrogen) atoms. The number of aromatic hydroxyl groups is 1. The number of nitrogens with zero attached hydrogens (tertiary/aromatic N) is 3. The lowest BCUT2D eigenvalue weighted by Crippen LogP contribution is -2.17. The zero-order valence-corrected chi connectivity index (χ0v) is 39.9. The number of aromatic nitrogens is 3. The number of fused-ring (bicyclic) bond motifs is 1. The van der Waals surface area contributed by atoms with Crippen LogP contribution in [0.2, 0.25) is 0 Å². The van der Waals surface area contributed by atoms with Gasteiger partial charge in [-0.25, -0.2) is 4.98 Å². The number of para-hydroxylation sites is 1. The van der Waals surface area contributed by atoms with Gasteiger partial charge in [-0.05, 0) is 121 Å². The van der Waals surface area contributed by atoms with Crippen LogP contribution in [0.3, 0.4) is 0 Å². The van der Waals surface area contributed by atoms with Crippen LogP contribution in [0.15, 0.2) is 140 Å². The van der Waals surface area contributed by atoms with Crippen molar-refractivity contribution in [3.05, 3.63) is 167 Å². The van der Waals surface area contributed by atoms with E-state index in [4.69, 9.17) is 19.6 Å². The molecule has 4 nitrogen and oxygen atoms in total. The summed E-state index contributed by atoms with van der Waals surface area (Å²) < 4.78 is 80.4. The van der Waals surface area contributed by atoms with Gasteiger partial charge in [-0.1, -0.05) is 182 Å². The Bertz CT molecular complexity index is 3400. The molecular formula is C61H67N3O. The monoisotopic (exact) mass is 867 g/mol. The van der Waals surface area contributed by atoms with Crippen LogP contribution in [0, 0.1) is 0 Å². The van der Waals surface area contributed by atoms with Crippen molar-refractivity contribution in [1.82, 2.24) is 14.5 Å². The van der Waals surface area contributed by atoms with Gasteiger partial charge in [-0.15, -0.1) is 0 Å². The summed E-state index contributed by atoms with van der Waals surface area (Å²) in [6.45, 7) is 18.5. The molecule has 0 saturated heterocycles. The second-order valence-electron chi connectivity index (χ2n) is 21.4. The molecule has 8 rings (SSSR count). The van der Waals surface area contributed by atoms with E-state index in [1.165, 1.54) is 6.07 Å². The lowest BCUT2D eigenvalue weighted by atomic mass is 9.79. The number of hydrogen-bond acceptors (Lipinski definition) is 3. The third-order valence-corrected chi connectivity index (χ3v) is 12.2. The fourth-order valence-corrected chi connectivity index (χ4v) is 8.47. The van der Waals surface area contributed by atoms with Gasteiger partial charge in [0.25, 0.3) is 0 Å². The molecule has 0 saturated carbocycles. The first-order valence-electron chi connectivity index (χ1n) is 27.0. The molecule has 0 fully saturated rings. The molecule has 332 valence electrons. The van der Waals surface area contributed by atoms with Crippen LogP contribution in [0.5, 0.6) is 5.75 Å². The molecule has 0 radical (unpaired) electrons. The summed E-state index contributed by atoms with van der Waals surface area (Å²) in [5, 5.41) is 12.7. The molecule has 0 aliphatic heterocycles. The van der Waals surface area contributed by atoms with Crippen LogP contribution in [0.4, 0.5) is 0 Å². The SMILES string of the molecule is [2H]c1c(-c2nc3c(-c4cc(-c5cc(-c6ccccc6C([2H])(C([2H])([2H])[2H])C([2H])([2H])[2H])ccn5)cc(C(C)(C)C)c4)cccc3n2-c2ccc(C(C)(C)C)cc2-c2ccccc2)c(O)c(C(C)(C)C)c([2H])c1C(C)(C)C. The maximum atomic E-state index is 12.7. The van der Waals surface area contributed by atoms with Gasteiger partial charge >= 0.3 is 0 Å². The summed E-state index contributed by atoms with van der Waals surface area (Å²) in [5.41, 5.74) is 8.97. The summed E-state index contributed by atoms with van der Waals surface area (Å²) in [5.74, 6) is -2.72. The molecule has 8 aromatic rings. The van der Waals surface area contributed by atoms with Crippen molar-refractivity contribution in [2.45, 2.75) is 124 Å². The molecule has 2 aromatic heterocycles. The number of imidazole rings is 1. The lowest BCUT2D eigenvalue weighted by Gasteiger charge is -2.28. The molecule has 0 atom stereocenters. The predicted molar refractivity (Wildman–Crippen MR) is 277 cm³/mol. The van der Waals surface area contributed by atoms with Crippen LogP contribution >= 0.6 is 0 Å². The van der Waals surface area contributed by atoms with Gasteiger partial charge in [0.15, 0.2) is 0 Å². The summed E-state index contributed by atoms with van der Waals surface area (Å²) in [4.78, 5) is 10.4. The highest BCUT2D eigenvalue weighted by molar-refractivity contribution is 5.98. The molecule has 6 aromatic carbocycles. The highest BCUT2D eigenvalue weighted by Crippen LogP contribution is 2.46. The van der Waals surface area contributed by atoms with E-state index in [2.05, 4.69) is 88.6 Å². The third-order valence-electron chi connectivity index (χ3n) is 12.2. The maximum absolute atomic E-state index is 12.7. The van der Waals surface area contributed by atoms with Crippen molar-refractivity contribution >= 4 is 11.0 Å². The number of rotatable bonds is 7. The summed E-state index contributed by atoms with van der Waals surface area (Å²) in [6.07, 6.45) is 1.61. The predicted octanol–water partition coefficient (Wildman–Crippen LogP) is 16.8. The third kappa shape index (κ3) is 8.93. The van der Waals surface area contributed by atoms with E-state index in [9.17, 15) is 7.85 Å². The molecular weight excluding hydrogens is 791 g/mol. The van der Waals surface area contributed by atoms with Crippen molar-refractivity contribution in [2.24, 2.45) is 0 Å². The molecule has 0 bridgehead atoms. The number of phenols is 1. The average molecular weight is 867 g/mol. The Hall–Kier alpha value is -6.26. The molecule has 0 aliphatic carbocycles. The Balaban J connectivity index is 1.46. The van der Waals surface area contributed by atoms with Crippen LogP contribution < -0.4 is 0 Å². The number of hydrogen-bond donors (Lipinski definition) is 1. The molecule has 0 spiro atoms. The minimum absolute atomic E-state index is 0.0311. The molecule has 1 N–H and O–H groups in total. The van der Waals surface area contributed by atoms with Crippen molar-refractivity contribution in [2.75, 3.05) is 0 Å². The fraction of sp³-hybridized carbons (Fsp3) is 0.311. The Morgan fingerprint density at radius 1 is 0.554 bits per heavy atom. The molecule has 0 amide bonds. The Labute approximate surface area is 401 Å². The van der Waals surface area contributed by atoms with E-state index < -0.39 is 30.4 Å². The number of phenolic OH excluding ortho intramolecular Hbond substituents is 1. The molecule has 2 heterocycles. The molecule has 4 heteroatoms. The standard InChI is InChI=1S/C61H67N3O/c1-38(2)46-23-18-19-24-47(46)40-29-30-62-52(34-40)42-31-41(32-44(33-42)59(6,7)8)48-25-20-26-54-55(48)63-57(50-36-45(60(9,10)11)37-51(56(50)65)61(12,13)14)64(54)53-28-27-43(58(3,4)5)35-49(53)39-21-16-15-17-22-39/h15-38,65H,1-14H3/i1D3,2D3,36D,37D,38D. The van der Waals surface area contributed by atoms with E-state index >= 15 is 0 Å². The van der Waals surface area contributed by atoms with Gasteiger partial charge in [0.2, 0.25) is 0 Å². The maximum Gasteiger partial charge on any atom is 0.149 e. The van der Waals surface area contributed by atoms with Crippen LogP contribution in [-0.2, 0) is 21.7 Å². The lowest BCUT2D eigenvalue weighted by molar-refractivity contribution is 0.446. The van der Waals surface area contributed by atoms with E-state index in [0.29, 0.717) is 39.3 Å². The van der Waals surface area contributed by atoms with Crippen molar-refractivity contribution < 1.29 is 17.4 Å². The van der Waals surface area contributed by atoms with Crippen LogP contribution in [-0.4, -0.2) is 19.6 Å². The van der Waals surface area contributed by atoms with Crippen LogP contribution in [0.25, 0.3) is 72.7 Å². The van der Waals surface area contributed by atoms with Gasteiger partial charge in [-0.3, -0.25) is 9.55 Å². The number of benzene rings is 6.